The number of ketones is 1. The summed E-state index contributed by atoms with van der Waals surface area (Å²) in [6.07, 6.45) is 2.34. The molecule has 4 aliphatic rings. The summed E-state index contributed by atoms with van der Waals surface area (Å²) in [5.74, 6) is -4.32. The summed E-state index contributed by atoms with van der Waals surface area (Å²) in [5.41, 5.74) is 0.195. The van der Waals surface area contributed by atoms with Crippen LogP contribution in [0.2, 0.25) is 0 Å². The van der Waals surface area contributed by atoms with Crippen LogP contribution >= 0.6 is 11.3 Å². The number of ether oxygens (including phenoxy) is 2. The Hall–Kier alpha value is -5.17. The van der Waals surface area contributed by atoms with E-state index in [1.807, 2.05) is 12.2 Å². The second kappa shape index (κ2) is 15.7. The number of carbonyl (C=O) groups is 4. The molecule has 60 heavy (non-hydrogen) atoms. The van der Waals surface area contributed by atoms with Gasteiger partial charge >= 0.3 is 6.36 Å². The number of amides is 3. The summed E-state index contributed by atoms with van der Waals surface area (Å²) in [7, 11) is -4.05. The predicted octanol–water partition coefficient (Wildman–Crippen LogP) is 6.51. The topological polar surface area (TPSA) is 174 Å². The fourth-order valence-electron chi connectivity index (χ4n) is 8.22. The van der Waals surface area contributed by atoms with Crippen LogP contribution in [0.1, 0.15) is 80.8 Å². The highest BCUT2D eigenvalue weighted by atomic mass is 32.2. The van der Waals surface area contributed by atoms with Crippen LogP contribution < -0.4 is 19.5 Å². The minimum Gasteiger partial charge on any atom is -0.472 e. The molecule has 5 atom stereocenters. The number of benzene rings is 2. The molecule has 0 radical (unpaired) electrons. The van der Waals surface area contributed by atoms with Crippen molar-refractivity contribution in [3.05, 3.63) is 71.0 Å². The van der Waals surface area contributed by atoms with E-state index in [4.69, 9.17) is 4.74 Å². The monoisotopic (exact) mass is 871 g/mol. The fraction of sp³-hybridized carbons (Fsp3) is 0.463. The van der Waals surface area contributed by atoms with Crippen LogP contribution in [0.3, 0.4) is 0 Å². The number of fused-ring (bicyclic) bond motifs is 5. The molecule has 3 amide bonds. The normalized spacial score (nSPS) is 26.3. The number of pyridine rings is 1. The van der Waals surface area contributed by atoms with E-state index in [9.17, 15) is 45.2 Å². The van der Waals surface area contributed by atoms with Gasteiger partial charge in [-0.3, -0.25) is 28.9 Å². The molecule has 2 aromatic carbocycles. The number of hydrogen-bond donors (Lipinski definition) is 2. The van der Waals surface area contributed by atoms with Gasteiger partial charge in [0, 0.05) is 29.7 Å². The number of nitrogens with zero attached hydrogens (tertiary/aromatic N) is 3. The van der Waals surface area contributed by atoms with Crippen molar-refractivity contribution in [2.75, 3.05) is 6.54 Å². The van der Waals surface area contributed by atoms with E-state index < -0.39 is 92.1 Å². The highest BCUT2D eigenvalue weighted by molar-refractivity contribution is 7.91. The number of Topliss-reactive ketones (excluding diaryl/α,β-unsaturated/α-hetero) is 1. The summed E-state index contributed by atoms with van der Waals surface area (Å²) in [6, 6.07) is 4.99. The lowest BCUT2D eigenvalue weighted by Gasteiger charge is -2.29. The molecular formula is C41H41F4N5O8S2. The van der Waals surface area contributed by atoms with Gasteiger partial charge < -0.3 is 19.7 Å². The maximum absolute atomic E-state index is 14.7. The molecule has 0 unspecified atom stereocenters. The van der Waals surface area contributed by atoms with E-state index in [0.717, 1.165) is 36.0 Å². The number of allylic oxidation sites excluding steroid dienone is 2. The molecule has 2 aliphatic carbocycles. The standard InChI is InChI=1S/C41H41F4N5O8S2/c1-39(13-14-39)60(55,56)49-38(54)40-18-23(40)7-5-3-2-4-6-8-30(47-35(52)34-20-46-22-59-34)37(53)50-21-26(17-32(50)33(51)19-40)57-36-29-16-25(58-41(43,44)45)10-12-27(29)28-11-9-24(42)15-31(28)48-36/h5,7,9-12,15-16,20,22-23,26,30,32H,2-4,6,8,13-14,17-19,21H2,1H3,(H,47,52)(H,49,54)/b7-5-/t23-,26-,30+,32+,40-/m1/s1. The number of sulfonamides is 1. The molecule has 1 saturated heterocycles. The Morgan fingerprint density at radius 3 is 2.55 bits per heavy atom. The summed E-state index contributed by atoms with van der Waals surface area (Å²) >= 11 is 1.08. The van der Waals surface area contributed by atoms with Gasteiger partial charge in [0.2, 0.25) is 27.7 Å². The first-order valence-corrected chi connectivity index (χ1v) is 22.0. The van der Waals surface area contributed by atoms with Gasteiger partial charge in [0.25, 0.3) is 5.91 Å². The van der Waals surface area contributed by atoms with Gasteiger partial charge in [0.05, 0.1) is 40.0 Å². The Bertz CT molecular complexity index is 2510. The van der Waals surface area contributed by atoms with Crippen LogP contribution in [0, 0.1) is 17.2 Å². The van der Waals surface area contributed by atoms with Gasteiger partial charge in [-0.25, -0.2) is 17.8 Å². The molecule has 0 bridgehead atoms. The van der Waals surface area contributed by atoms with Crippen LogP contribution in [-0.2, 0) is 24.4 Å². The van der Waals surface area contributed by atoms with E-state index in [-0.39, 0.29) is 47.5 Å². The number of halogens is 4. The average molecular weight is 872 g/mol. The van der Waals surface area contributed by atoms with Crippen molar-refractivity contribution >= 4 is 66.5 Å². The van der Waals surface area contributed by atoms with E-state index in [2.05, 4.69) is 24.7 Å². The third-order valence-electron chi connectivity index (χ3n) is 12.0. The summed E-state index contributed by atoms with van der Waals surface area (Å²) in [5, 5.41) is 3.67. The van der Waals surface area contributed by atoms with Gasteiger partial charge in [-0.05, 0) is 87.1 Å². The summed E-state index contributed by atoms with van der Waals surface area (Å²) in [4.78, 5) is 66.5. The van der Waals surface area contributed by atoms with Crippen molar-refractivity contribution in [3.63, 3.8) is 0 Å². The number of alkyl halides is 3. The number of carbonyl (C=O) groups excluding carboxylic acids is 4. The Kier molecular flexibility index (Phi) is 10.9. The molecule has 8 rings (SSSR count). The molecule has 2 aliphatic heterocycles. The van der Waals surface area contributed by atoms with Crippen LogP contribution in [0.15, 0.2) is 60.3 Å². The van der Waals surface area contributed by atoms with Crippen molar-refractivity contribution in [1.82, 2.24) is 24.9 Å². The van der Waals surface area contributed by atoms with E-state index in [1.54, 1.807) is 6.92 Å². The Balaban J connectivity index is 1.15. The molecular weight excluding hydrogens is 831 g/mol. The Morgan fingerprint density at radius 2 is 1.82 bits per heavy atom. The first-order chi connectivity index (χ1) is 28.4. The van der Waals surface area contributed by atoms with E-state index in [0.29, 0.717) is 42.9 Å². The average Bonchev–Trinajstić information content (AvgIpc) is 3.93. The van der Waals surface area contributed by atoms with Gasteiger partial charge in [0.1, 0.15) is 28.6 Å². The number of nitrogens with one attached hydrogen (secondary N) is 2. The van der Waals surface area contributed by atoms with Crippen molar-refractivity contribution in [2.24, 2.45) is 11.3 Å². The molecule has 2 saturated carbocycles. The number of hydrogen-bond acceptors (Lipinski definition) is 11. The van der Waals surface area contributed by atoms with Crippen molar-refractivity contribution in [1.29, 1.82) is 0 Å². The molecule has 2 N–H and O–H groups in total. The van der Waals surface area contributed by atoms with Gasteiger partial charge in [-0.15, -0.1) is 24.5 Å². The zero-order valence-electron chi connectivity index (χ0n) is 32.3. The zero-order chi connectivity index (χ0) is 42.6. The highest BCUT2D eigenvalue weighted by Gasteiger charge is 2.62. The minimum absolute atomic E-state index is 0.0847. The zero-order valence-corrected chi connectivity index (χ0v) is 33.9. The SMILES string of the molecule is CC1(S(=O)(=O)NC(=O)[C@]23CC(=O)[C@@H]4C[C@@H](Oc5nc6cc(F)ccc6c6ccc(OC(F)(F)F)cc56)CN4C(=O)[C@@H](NC(=O)c4cncs4)CCCCC/C=C\[C@@H]2C3)CC1. The van der Waals surface area contributed by atoms with Gasteiger partial charge in [-0.1, -0.05) is 25.0 Å². The smallest absolute Gasteiger partial charge is 0.472 e. The molecule has 0 spiro atoms. The third-order valence-corrected chi connectivity index (χ3v) is 15.0. The lowest BCUT2D eigenvalue weighted by molar-refractivity contribution is -0.274. The summed E-state index contributed by atoms with van der Waals surface area (Å²) < 4.78 is 92.6. The maximum atomic E-state index is 14.7. The van der Waals surface area contributed by atoms with Crippen LogP contribution in [0.25, 0.3) is 21.7 Å². The van der Waals surface area contributed by atoms with Crippen LogP contribution in [0.4, 0.5) is 17.6 Å². The quantitative estimate of drug-likeness (QED) is 0.113. The van der Waals surface area contributed by atoms with Gasteiger partial charge in [-0.2, -0.15) is 0 Å². The Morgan fingerprint density at radius 1 is 1.03 bits per heavy atom. The molecule has 318 valence electrons. The first kappa shape index (κ1) is 41.6. The third kappa shape index (κ3) is 8.42. The lowest BCUT2D eigenvalue weighted by atomic mass is 9.91. The second-order valence-electron chi connectivity index (χ2n) is 16.3. The van der Waals surface area contributed by atoms with Crippen LogP contribution in [-0.4, -0.2) is 82.6 Å². The van der Waals surface area contributed by atoms with Crippen molar-refractivity contribution in [3.8, 4) is 11.6 Å². The van der Waals surface area contributed by atoms with Crippen molar-refractivity contribution in [2.45, 2.75) is 100 Å². The van der Waals surface area contributed by atoms with E-state index in [1.165, 1.54) is 34.8 Å². The molecule has 2 aromatic heterocycles. The summed E-state index contributed by atoms with van der Waals surface area (Å²) in [6.45, 7) is 1.31. The lowest BCUT2D eigenvalue weighted by Crippen LogP contribution is -2.52. The second-order valence-corrected chi connectivity index (χ2v) is 19.4. The minimum atomic E-state index is -5.02. The molecule has 3 fully saturated rings. The van der Waals surface area contributed by atoms with Crippen LogP contribution in [0.5, 0.6) is 11.6 Å². The van der Waals surface area contributed by atoms with E-state index >= 15 is 0 Å². The first-order valence-electron chi connectivity index (χ1n) is 19.7. The molecule has 19 heteroatoms. The number of rotatable bonds is 8. The largest absolute Gasteiger partial charge is 0.573 e. The number of aromatic nitrogens is 2. The molecule has 13 nitrogen and oxygen atoms in total. The Labute approximate surface area is 345 Å². The maximum Gasteiger partial charge on any atom is 0.573 e. The highest BCUT2D eigenvalue weighted by Crippen LogP contribution is 2.57. The predicted molar refractivity (Wildman–Crippen MR) is 211 cm³/mol. The molecule has 4 heterocycles. The van der Waals surface area contributed by atoms with Crippen molar-refractivity contribution < 1.29 is 54.6 Å². The van der Waals surface area contributed by atoms with Gasteiger partial charge in [0.15, 0.2) is 5.78 Å². The number of thiazole rings is 1. The fourth-order valence-corrected chi connectivity index (χ4v) is 10.1. The molecule has 4 aromatic rings.